The molecule has 2 aliphatic rings. The Morgan fingerprint density at radius 1 is 1.50 bits per heavy atom. The molecule has 0 aromatic heterocycles. The molecule has 4 nitrogen and oxygen atoms in total. The number of hydrogen-bond acceptors (Lipinski definition) is 4. The minimum Gasteiger partial charge on any atom is -0.381 e. The molecular weight excluding hydrogens is 226 g/mol. The van der Waals surface area contributed by atoms with Crippen LogP contribution in [0, 0.1) is 5.92 Å². The van der Waals surface area contributed by atoms with Crippen molar-refractivity contribution in [1.29, 1.82) is 0 Å². The minimum absolute atomic E-state index is 0.140. The first-order valence-corrected chi connectivity index (χ1v) is 7.29. The Kier molecular flexibility index (Phi) is 4.64. The van der Waals surface area contributed by atoms with Gasteiger partial charge in [-0.15, -0.1) is 0 Å². The summed E-state index contributed by atoms with van der Waals surface area (Å²) in [6.45, 7) is 7.15. The quantitative estimate of drug-likeness (QED) is 0.809. The monoisotopic (exact) mass is 255 g/mol. The van der Waals surface area contributed by atoms with Gasteiger partial charge in [-0.3, -0.25) is 4.90 Å². The van der Waals surface area contributed by atoms with E-state index in [2.05, 4.69) is 30.8 Å². The third kappa shape index (κ3) is 2.57. The van der Waals surface area contributed by atoms with Crippen LogP contribution in [0.15, 0.2) is 0 Å². The molecule has 0 amide bonds. The van der Waals surface area contributed by atoms with E-state index in [0.29, 0.717) is 12.0 Å². The van der Waals surface area contributed by atoms with Gasteiger partial charge in [-0.25, -0.2) is 0 Å². The Morgan fingerprint density at radius 2 is 2.28 bits per heavy atom. The lowest BCUT2D eigenvalue weighted by Crippen LogP contribution is -2.64. The second-order valence-electron chi connectivity index (χ2n) is 6.20. The molecule has 18 heavy (non-hydrogen) atoms. The Hall–Kier alpha value is -0.160. The molecule has 2 saturated heterocycles. The van der Waals surface area contributed by atoms with E-state index in [1.54, 1.807) is 0 Å². The van der Waals surface area contributed by atoms with Gasteiger partial charge in [0.15, 0.2) is 0 Å². The summed E-state index contributed by atoms with van der Waals surface area (Å²) in [4.78, 5) is 5.02. The van der Waals surface area contributed by atoms with E-state index in [1.807, 2.05) is 0 Å². The van der Waals surface area contributed by atoms with E-state index in [-0.39, 0.29) is 5.54 Å². The molecule has 2 heterocycles. The zero-order chi connectivity index (χ0) is 13.2. The number of ether oxygens (including phenoxy) is 1. The highest BCUT2D eigenvalue weighted by Crippen LogP contribution is 2.34. The average Bonchev–Trinajstić information content (AvgIpc) is 2.39. The maximum atomic E-state index is 6.16. The SMILES string of the molecule is CC1COCCC1(CN)N(C)C1CCCN(C)C1. The van der Waals surface area contributed by atoms with Gasteiger partial charge >= 0.3 is 0 Å². The largest absolute Gasteiger partial charge is 0.381 e. The lowest BCUT2D eigenvalue weighted by molar-refractivity contribution is -0.0792. The van der Waals surface area contributed by atoms with Gasteiger partial charge in [0.1, 0.15) is 0 Å². The molecule has 0 aromatic carbocycles. The van der Waals surface area contributed by atoms with Crippen molar-refractivity contribution in [2.45, 2.75) is 37.8 Å². The Balaban J connectivity index is 2.10. The standard InChI is InChI=1S/C14H29N3O/c1-12-10-18-8-6-14(12,11-15)17(3)13-5-4-7-16(2)9-13/h12-13H,4-11,15H2,1-3H3. The summed E-state index contributed by atoms with van der Waals surface area (Å²) < 4.78 is 5.60. The van der Waals surface area contributed by atoms with Gasteiger partial charge in [-0.1, -0.05) is 6.92 Å². The van der Waals surface area contributed by atoms with E-state index >= 15 is 0 Å². The normalized spacial score (nSPS) is 39.2. The zero-order valence-corrected chi connectivity index (χ0v) is 12.2. The Bertz CT molecular complexity index is 274. The number of nitrogens with two attached hydrogens (primary N) is 1. The van der Waals surface area contributed by atoms with Crippen molar-refractivity contribution in [2.75, 3.05) is 46.9 Å². The number of rotatable bonds is 3. The Morgan fingerprint density at radius 3 is 2.89 bits per heavy atom. The number of nitrogens with zero attached hydrogens (tertiary/aromatic N) is 2. The molecule has 0 bridgehead atoms. The van der Waals surface area contributed by atoms with Gasteiger partial charge in [0.25, 0.3) is 0 Å². The molecule has 0 radical (unpaired) electrons. The van der Waals surface area contributed by atoms with Crippen LogP contribution in [0.1, 0.15) is 26.2 Å². The van der Waals surface area contributed by atoms with E-state index in [0.717, 1.165) is 26.2 Å². The lowest BCUT2D eigenvalue weighted by Gasteiger charge is -2.52. The average molecular weight is 255 g/mol. The second kappa shape index (κ2) is 5.87. The fourth-order valence-electron chi connectivity index (χ4n) is 3.70. The summed E-state index contributed by atoms with van der Waals surface area (Å²) in [5, 5.41) is 0. The predicted octanol–water partition coefficient (Wildman–Crippen LogP) is 0.766. The van der Waals surface area contributed by atoms with Gasteiger partial charge < -0.3 is 15.4 Å². The predicted molar refractivity (Wildman–Crippen MR) is 74.7 cm³/mol. The molecule has 0 spiro atoms. The molecule has 0 aromatic rings. The maximum absolute atomic E-state index is 6.16. The molecular formula is C14H29N3O. The Labute approximate surface area is 111 Å². The van der Waals surface area contributed by atoms with Gasteiger partial charge in [-0.05, 0) is 45.8 Å². The van der Waals surface area contributed by atoms with Crippen molar-refractivity contribution in [3.8, 4) is 0 Å². The molecule has 0 saturated carbocycles. The third-order valence-corrected chi connectivity index (χ3v) is 5.17. The van der Waals surface area contributed by atoms with Crippen LogP contribution >= 0.6 is 0 Å². The number of piperidine rings is 1. The van der Waals surface area contributed by atoms with Crippen molar-refractivity contribution in [1.82, 2.24) is 9.80 Å². The van der Waals surface area contributed by atoms with Crippen LogP contribution in [-0.4, -0.2) is 68.3 Å². The van der Waals surface area contributed by atoms with Crippen molar-refractivity contribution < 1.29 is 4.74 Å². The van der Waals surface area contributed by atoms with E-state index < -0.39 is 0 Å². The van der Waals surface area contributed by atoms with Crippen LogP contribution in [0.3, 0.4) is 0 Å². The summed E-state index contributed by atoms with van der Waals surface area (Å²) in [5.74, 6) is 0.522. The van der Waals surface area contributed by atoms with Crippen LogP contribution in [0.2, 0.25) is 0 Å². The third-order valence-electron chi connectivity index (χ3n) is 5.17. The summed E-state index contributed by atoms with van der Waals surface area (Å²) in [5.41, 5.74) is 6.30. The minimum atomic E-state index is 0.140. The lowest BCUT2D eigenvalue weighted by atomic mass is 9.78. The van der Waals surface area contributed by atoms with E-state index in [4.69, 9.17) is 10.5 Å². The van der Waals surface area contributed by atoms with Crippen LogP contribution in [0.25, 0.3) is 0 Å². The highest BCUT2D eigenvalue weighted by atomic mass is 16.5. The highest BCUT2D eigenvalue weighted by Gasteiger charge is 2.44. The first kappa shape index (κ1) is 14.3. The summed E-state index contributed by atoms with van der Waals surface area (Å²) in [6.07, 6.45) is 3.68. The molecule has 2 N–H and O–H groups in total. The molecule has 3 unspecified atom stereocenters. The highest BCUT2D eigenvalue weighted by molar-refractivity contribution is 4.99. The summed E-state index contributed by atoms with van der Waals surface area (Å²) in [7, 11) is 4.50. The van der Waals surface area contributed by atoms with E-state index in [1.165, 1.54) is 25.9 Å². The van der Waals surface area contributed by atoms with Crippen molar-refractivity contribution >= 4 is 0 Å². The first-order chi connectivity index (χ1) is 8.60. The molecule has 2 fully saturated rings. The van der Waals surface area contributed by atoms with Gasteiger partial charge in [0.05, 0.1) is 6.61 Å². The molecule has 106 valence electrons. The summed E-state index contributed by atoms with van der Waals surface area (Å²) >= 11 is 0. The molecule has 4 heteroatoms. The fourth-order valence-corrected chi connectivity index (χ4v) is 3.70. The molecule has 2 rings (SSSR count). The molecule has 2 aliphatic heterocycles. The van der Waals surface area contributed by atoms with Crippen LogP contribution in [0.4, 0.5) is 0 Å². The van der Waals surface area contributed by atoms with Crippen LogP contribution in [-0.2, 0) is 4.74 Å². The fraction of sp³-hybridized carbons (Fsp3) is 1.00. The summed E-state index contributed by atoms with van der Waals surface area (Å²) in [6, 6.07) is 0.646. The van der Waals surface area contributed by atoms with Crippen molar-refractivity contribution in [3.05, 3.63) is 0 Å². The first-order valence-electron chi connectivity index (χ1n) is 7.29. The molecule has 0 aliphatic carbocycles. The van der Waals surface area contributed by atoms with Gasteiger partial charge in [-0.2, -0.15) is 0 Å². The second-order valence-corrected chi connectivity index (χ2v) is 6.20. The van der Waals surface area contributed by atoms with Gasteiger partial charge in [0.2, 0.25) is 0 Å². The smallest absolute Gasteiger partial charge is 0.0509 e. The van der Waals surface area contributed by atoms with Crippen molar-refractivity contribution in [2.24, 2.45) is 11.7 Å². The number of likely N-dealkylation sites (N-methyl/N-ethyl adjacent to an activating group) is 2. The van der Waals surface area contributed by atoms with Crippen molar-refractivity contribution in [3.63, 3.8) is 0 Å². The van der Waals surface area contributed by atoms with E-state index in [9.17, 15) is 0 Å². The zero-order valence-electron chi connectivity index (χ0n) is 12.2. The van der Waals surface area contributed by atoms with Crippen LogP contribution in [0.5, 0.6) is 0 Å². The number of hydrogen-bond donors (Lipinski definition) is 1. The maximum Gasteiger partial charge on any atom is 0.0509 e. The topological polar surface area (TPSA) is 41.7 Å². The van der Waals surface area contributed by atoms with Crippen LogP contribution < -0.4 is 5.73 Å². The number of likely N-dealkylation sites (tertiary alicyclic amines) is 1. The van der Waals surface area contributed by atoms with Gasteiger partial charge in [0, 0.05) is 31.3 Å². The molecule has 3 atom stereocenters.